The molecule has 0 amide bonds. The molecular weight excluding hydrogens is 694 g/mol. The van der Waals surface area contributed by atoms with Crippen molar-refractivity contribution in [1.29, 1.82) is 0 Å². The fourth-order valence-electron chi connectivity index (χ4n) is 7.07. The maximum Gasteiger partial charge on any atom is 0.403 e. The maximum atomic E-state index is 14.3. The van der Waals surface area contributed by atoms with E-state index in [9.17, 15) is 43.1 Å². The number of unbranched alkanes of at least 4 members (excludes halogenated alkanes) is 20. The predicted octanol–water partition coefficient (Wildman–Crippen LogP) is 8.74. The summed E-state index contributed by atoms with van der Waals surface area (Å²) in [5.74, 6) is 0. The molecule has 1 aliphatic heterocycles. The van der Waals surface area contributed by atoms with Crippen molar-refractivity contribution < 1.29 is 52.6 Å². The van der Waals surface area contributed by atoms with Crippen LogP contribution < -0.4 is 5.32 Å². The zero-order valence-corrected chi connectivity index (χ0v) is 32.9. The summed E-state index contributed by atoms with van der Waals surface area (Å²) in [7, 11) is 0. The first-order valence-corrected chi connectivity index (χ1v) is 21.1. The molecule has 53 heavy (non-hydrogen) atoms. The molecule has 0 spiro atoms. The number of halogens is 4. The van der Waals surface area contributed by atoms with Crippen LogP contribution in [0.5, 0.6) is 0 Å². The van der Waals surface area contributed by atoms with Crippen molar-refractivity contribution in [2.45, 2.75) is 229 Å². The summed E-state index contributed by atoms with van der Waals surface area (Å²) in [5.41, 5.74) is 0.955. The van der Waals surface area contributed by atoms with E-state index in [1.807, 2.05) is 0 Å². The second kappa shape index (κ2) is 31.3. The Morgan fingerprint density at radius 3 is 1.64 bits per heavy atom. The third kappa shape index (κ3) is 23.7. The Labute approximate surface area is 318 Å². The number of aliphatic hydroxyl groups is 5. The molecule has 0 radical (unpaired) electrons. The fraction of sp³-hybridized carbons (Fsp3) is 0.951. The zero-order valence-electron chi connectivity index (χ0n) is 32.9. The van der Waals surface area contributed by atoms with Gasteiger partial charge in [0.05, 0.1) is 32.0 Å². The number of rotatable bonds is 35. The summed E-state index contributed by atoms with van der Waals surface area (Å²) >= 11 is 0. The van der Waals surface area contributed by atoms with Gasteiger partial charge in [-0.05, 0) is 32.1 Å². The Bertz CT molecular complexity index is 869. The summed E-state index contributed by atoms with van der Waals surface area (Å²) in [4.78, 5) is 0. The van der Waals surface area contributed by atoms with E-state index >= 15 is 0 Å². The van der Waals surface area contributed by atoms with Crippen LogP contribution in [-0.4, -0.2) is 100 Å². The highest BCUT2D eigenvalue weighted by atomic mass is 19.4. The molecule has 8 nitrogen and oxygen atoms in total. The van der Waals surface area contributed by atoms with Crippen LogP contribution in [0.25, 0.3) is 0 Å². The van der Waals surface area contributed by atoms with Crippen molar-refractivity contribution in [2.24, 2.45) is 0 Å². The number of hydrogen-bond donors (Lipinski definition) is 6. The lowest BCUT2D eigenvalue weighted by atomic mass is 9.98. The minimum absolute atomic E-state index is 0.158. The van der Waals surface area contributed by atoms with E-state index in [1.54, 1.807) is 0 Å². The van der Waals surface area contributed by atoms with Crippen molar-refractivity contribution in [3.05, 3.63) is 12.2 Å². The van der Waals surface area contributed by atoms with Gasteiger partial charge in [-0.2, -0.15) is 13.2 Å². The summed E-state index contributed by atoms with van der Waals surface area (Å²) in [6.45, 7) is 4.63. The molecule has 0 saturated carbocycles. The molecule has 0 aromatic rings. The Morgan fingerprint density at radius 1 is 0.698 bits per heavy atom. The van der Waals surface area contributed by atoms with Crippen LogP contribution in [0.1, 0.15) is 174 Å². The summed E-state index contributed by atoms with van der Waals surface area (Å²) in [6, 6.07) is -3.01. The maximum absolute atomic E-state index is 14.3. The first kappa shape index (κ1) is 50.2. The van der Waals surface area contributed by atoms with Gasteiger partial charge >= 0.3 is 6.18 Å². The number of aliphatic hydroxyl groups excluding tert-OH is 5. The molecule has 8 atom stereocenters. The molecule has 0 aliphatic carbocycles. The first-order chi connectivity index (χ1) is 25.5. The quantitative estimate of drug-likeness (QED) is 0.0214. The largest absolute Gasteiger partial charge is 0.403 e. The second-order valence-corrected chi connectivity index (χ2v) is 15.4. The number of hydrogen-bond acceptors (Lipinski definition) is 8. The summed E-state index contributed by atoms with van der Waals surface area (Å²) < 4.78 is 66.2. The number of nitrogens with one attached hydrogen (secondary N) is 1. The Hall–Kier alpha value is -0.860. The molecule has 0 bridgehead atoms. The van der Waals surface area contributed by atoms with Crippen LogP contribution in [0.15, 0.2) is 12.2 Å². The normalized spacial score (nSPS) is 22.6. The van der Waals surface area contributed by atoms with Crippen molar-refractivity contribution in [1.82, 2.24) is 5.32 Å². The minimum Gasteiger partial charge on any atom is -0.394 e. The van der Waals surface area contributed by atoms with Crippen molar-refractivity contribution in [3.8, 4) is 0 Å². The average molecular weight is 772 g/mol. The van der Waals surface area contributed by atoms with Crippen molar-refractivity contribution >= 4 is 0 Å². The van der Waals surface area contributed by atoms with Gasteiger partial charge in [0.2, 0.25) is 0 Å². The van der Waals surface area contributed by atoms with Gasteiger partial charge < -0.3 is 35.0 Å². The van der Waals surface area contributed by atoms with Gasteiger partial charge in [-0.15, -0.1) is 0 Å². The lowest BCUT2D eigenvalue weighted by Gasteiger charge is -2.40. The van der Waals surface area contributed by atoms with Crippen molar-refractivity contribution in [2.75, 3.05) is 19.9 Å². The first-order valence-electron chi connectivity index (χ1n) is 21.1. The molecule has 1 saturated heterocycles. The van der Waals surface area contributed by atoms with E-state index in [1.165, 1.54) is 51.4 Å². The molecule has 316 valence electrons. The lowest BCUT2D eigenvalue weighted by molar-refractivity contribution is -0.303. The van der Waals surface area contributed by atoms with Gasteiger partial charge in [-0.25, -0.2) is 0 Å². The molecule has 1 fully saturated rings. The topological polar surface area (TPSA) is 132 Å². The third-order valence-electron chi connectivity index (χ3n) is 10.6. The number of alkyl halides is 4. The van der Waals surface area contributed by atoms with Crippen LogP contribution in [0.4, 0.5) is 17.6 Å². The highest BCUT2D eigenvalue weighted by Gasteiger charge is 2.45. The second-order valence-electron chi connectivity index (χ2n) is 15.4. The van der Waals surface area contributed by atoms with Gasteiger partial charge in [0.25, 0.3) is 0 Å². The molecule has 1 heterocycles. The van der Waals surface area contributed by atoms with Gasteiger partial charge in [0.1, 0.15) is 30.5 Å². The van der Waals surface area contributed by atoms with E-state index in [0.29, 0.717) is 25.7 Å². The van der Waals surface area contributed by atoms with Crippen molar-refractivity contribution in [3.63, 3.8) is 0 Å². The van der Waals surface area contributed by atoms with E-state index in [0.717, 1.165) is 82.6 Å². The predicted molar refractivity (Wildman–Crippen MR) is 203 cm³/mol. The van der Waals surface area contributed by atoms with E-state index in [-0.39, 0.29) is 19.5 Å². The highest BCUT2D eigenvalue weighted by Crippen LogP contribution is 2.27. The van der Waals surface area contributed by atoms with E-state index in [4.69, 9.17) is 9.47 Å². The minimum atomic E-state index is -4.56. The van der Waals surface area contributed by atoms with Gasteiger partial charge in [0.15, 0.2) is 6.29 Å². The summed E-state index contributed by atoms with van der Waals surface area (Å²) in [5, 5.41) is 53.9. The van der Waals surface area contributed by atoms with Crippen LogP contribution in [-0.2, 0) is 9.47 Å². The molecule has 1 aliphatic rings. The lowest BCUT2D eigenvalue weighted by Crippen LogP contribution is -2.60. The molecular formula is C41H77F4NO7. The van der Waals surface area contributed by atoms with Crippen LogP contribution in [0, 0.1) is 0 Å². The smallest absolute Gasteiger partial charge is 0.394 e. The monoisotopic (exact) mass is 772 g/mol. The van der Waals surface area contributed by atoms with Gasteiger partial charge in [-0.1, -0.05) is 154 Å². The Kier molecular flexibility index (Phi) is 29.6. The summed E-state index contributed by atoms with van der Waals surface area (Å²) in [6.07, 6.45) is 11.0. The Balaban J connectivity index is 2.58. The molecule has 6 N–H and O–H groups in total. The fourth-order valence-corrected chi connectivity index (χ4v) is 7.07. The van der Waals surface area contributed by atoms with Gasteiger partial charge in [-0.3, -0.25) is 9.71 Å². The highest BCUT2D eigenvalue weighted by molar-refractivity contribution is 4.93. The zero-order chi connectivity index (χ0) is 39.3. The van der Waals surface area contributed by atoms with Crippen LogP contribution >= 0.6 is 0 Å². The van der Waals surface area contributed by atoms with Gasteiger partial charge in [0, 0.05) is 0 Å². The third-order valence-corrected chi connectivity index (χ3v) is 10.6. The van der Waals surface area contributed by atoms with E-state index in [2.05, 4.69) is 18.8 Å². The number of ether oxygens (including phenoxy) is 2. The standard InChI is InChI=1S/C41H77F4NO7/c1-3-4-5-6-7-8-9-10-11-14-17-20-23-26-34(48)33(31-52-40-39(51)38(50)37(49)35(30-47)53-40)46-36(41(43,44)45)27-24-21-18-15-12-13-16-19-22-25-32(2)28-29-42/h33-40,46-51H,2-31H2,1H3/t33-,34+,35?,36?,37?,38?,39?,40?/m0/s1. The molecule has 0 aromatic carbocycles. The SMILES string of the molecule is C=C(CCF)CCCCCCCCCCCC(N[C@@H](COC1OC(CO)C(O)C(O)C1O)[C@H](O)CCCCCCCCCCCCCCC)C(F)(F)F. The van der Waals surface area contributed by atoms with E-state index < -0.39 is 68.3 Å². The Morgan fingerprint density at radius 2 is 1.17 bits per heavy atom. The molecule has 1 rings (SSSR count). The average Bonchev–Trinajstić information content (AvgIpc) is 3.12. The van der Waals surface area contributed by atoms with Crippen LogP contribution in [0.3, 0.4) is 0 Å². The molecule has 6 unspecified atom stereocenters. The van der Waals surface area contributed by atoms with Crippen LogP contribution in [0.2, 0.25) is 0 Å². The molecule has 12 heteroatoms. The molecule has 0 aromatic heterocycles. The number of allylic oxidation sites excluding steroid dienone is 1.